The smallest absolute Gasteiger partial charge is 0.907 e. The van der Waals surface area contributed by atoms with Crippen molar-refractivity contribution >= 4 is 7.32 Å². The van der Waals surface area contributed by atoms with Crippen molar-refractivity contribution in [1.29, 1.82) is 0 Å². The molecular weight excluding hydrogens is 342 g/mol. The van der Waals surface area contributed by atoms with Crippen LogP contribution in [0.4, 0.5) is 0 Å². The first-order chi connectivity index (χ1) is 1.73. The molecule has 0 bridgehead atoms. The fraction of sp³-hybridized carbons (Fsp3) is 0. The van der Waals surface area contributed by atoms with E-state index in [9.17, 15) is 0 Å². The van der Waals surface area contributed by atoms with Crippen LogP contribution in [0.5, 0.6) is 0 Å². The number of hydrogen-bond acceptors (Lipinski definition) is 3. The van der Waals surface area contributed by atoms with Gasteiger partial charge in [0.05, 0.1) is 0 Å². The number of hydrogen-bond donors (Lipinski definition) is 0. The Balaban J connectivity index is -0.0000000150. The first-order valence-electron chi connectivity index (χ1n) is 0.707. The van der Waals surface area contributed by atoms with Crippen molar-refractivity contribution in [2.45, 2.75) is 0 Å². The average Bonchev–Trinajstić information content (AvgIpc) is 0.811. The quantitative estimate of drug-likeness (QED) is 0.411. The molecule has 0 aromatic rings. The van der Waals surface area contributed by atoms with Gasteiger partial charge in [-0.1, -0.05) is 0 Å². The molecular formula is BLiNbO3W+3. The first-order valence-corrected chi connectivity index (χ1v) is 0.707. The molecule has 7 heteroatoms. The van der Waals surface area contributed by atoms with Crippen LogP contribution in [0.15, 0.2) is 0 Å². The predicted octanol–water partition coefficient (Wildman–Crippen LogP) is -6.95. The fourth-order valence-electron chi connectivity index (χ4n) is 0. The maximum Gasteiger partial charge on any atom is 5.00 e. The van der Waals surface area contributed by atoms with E-state index in [0.717, 1.165) is 0 Å². The molecule has 0 saturated heterocycles. The Hall–Kier alpha value is 1.97. The molecule has 0 spiro atoms. The summed E-state index contributed by atoms with van der Waals surface area (Å²) in [7, 11) is -2.92. The maximum absolute atomic E-state index is 8.42. The molecule has 0 aromatic heterocycles. The Morgan fingerprint density at radius 3 is 1.00 bits per heavy atom. The van der Waals surface area contributed by atoms with Crippen LogP contribution in [0.1, 0.15) is 0 Å². The molecule has 0 aromatic carbocycles. The molecule has 0 saturated carbocycles. The van der Waals surface area contributed by atoms with Gasteiger partial charge in [-0.3, -0.25) is 7.32 Å². The zero-order valence-electron chi connectivity index (χ0n) is 3.66. The van der Waals surface area contributed by atoms with Crippen LogP contribution in [-0.2, 0) is 43.4 Å². The Kier molecular flexibility index (Phi) is 51.7. The Bertz CT molecular complexity index is 19.7. The minimum Gasteiger partial charge on any atom is -0.907 e. The van der Waals surface area contributed by atoms with Crippen LogP contribution in [0.2, 0.25) is 0 Å². The van der Waals surface area contributed by atoms with E-state index in [2.05, 4.69) is 0 Å². The van der Waals surface area contributed by atoms with Crippen molar-refractivity contribution < 1.29 is 77.4 Å². The summed E-state index contributed by atoms with van der Waals surface area (Å²) < 4.78 is 0. The molecule has 0 amide bonds. The average molecular weight is 342 g/mol. The summed E-state index contributed by atoms with van der Waals surface area (Å²) in [5, 5.41) is 25.2. The Morgan fingerprint density at radius 1 is 1.00 bits per heavy atom. The summed E-state index contributed by atoms with van der Waals surface area (Å²) in [6, 6.07) is 0. The van der Waals surface area contributed by atoms with Gasteiger partial charge in [-0.05, 0) is 0 Å². The van der Waals surface area contributed by atoms with E-state index in [1.807, 2.05) is 0 Å². The first kappa shape index (κ1) is 23.1. The van der Waals surface area contributed by atoms with E-state index in [0.29, 0.717) is 0 Å². The molecule has 3 nitrogen and oxygen atoms in total. The molecule has 0 aliphatic heterocycles. The molecule has 0 atom stereocenters. The van der Waals surface area contributed by atoms with Crippen LogP contribution in [-0.4, -0.2) is 7.32 Å². The normalized spacial score (nSPS) is 3.86. The molecule has 0 fully saturated rings. The van der Waals surface area contributed by atoms with Gasteiger partial charge in [-0.15, -0.1) is 0 Å². The Morgan fingerprint density at radius 2 is 1.00 bits per heavy atom. The summed E-state index contributed by atoms with van der Waals surface area (Å²) in [4.78, 5) is 0. The van der Waals surface area contributed by atoms with Gasteiger partial charge in [0.25, 0.3) is 0 Å². The molecule has 0 aliphatic carbocycles. The summed E-state index contributed by atoms with van der Waals surface area (Å²) >= 11 is 0. The van der Waals surface area contributed by atoms with Gasteiger partial charge in [0.1, 0.15) is 0 Å². The minimum absolute atomic E-state index is 0. The third-order valence-corrected chi connectivity index (χ3v) is 0. The third-order valence-electron chi connectivity index (χ3n) is 0. The van der Waals surface area contributed by atoms with Crippen molar-refractivity contribution in [2.75, 3.05) is 0 Å². The zero-order valence-corrected chi connectivity index (χ0v) is 8.79. The summed E-state index contributed by atoms with van der Waals surface area (Å²) in [6.07, 6.45) is 0. The Labute approximate surface area is 84.0 Å². The SMILES string of the molecule is [Li+].[Nb+5].[O-]B([O-])[O-].[W]. The molecule has 30 valence electrons. The van der Waals surface area contributed by atoms with Gasteiger partial charge in [-0.25, -0.2) is 0 Å². The standard InChI is InChI=1S/BO3.Li.Nb.W/c2-1(3)4;;;/q-3;+1;+5;. The fourth-order valence-corrected chi connectivity index (χ4v) is 0. The van der Waals surface area contributed by atoms with E-state index < -0.39 is 7.32 Å². The minimum atomic E-state index is -2.92. The van der Waals surface area contributed by atoms with E-state index in [1.165, 1.54) is 0 Å². The maximum atomic E-state index is 8.42. The third kappa shape index (κ3) is 73.2. The molecule has 0 unspecified atom stereocenters. The van der Waals surface area contributed by atoms with Crippen LogP contribution in [0.25, 0.3) is 0 Å². The number of rotatable bonds is 0. The molecule has 0 N–H and O–H groups in total. The van der Waals surface area contributed by atoms with Crippen LogP contribution in [0, 0.1) is 0 Å². The van der Waals surface area contributed by atoms with Gasteiger partial charge >= 0.3 is 41.2 Å². The van der Waals surface area contributed by atoms with Gasteiger partial charge in [0.15, 0.2) is 0 Å². The van der Waals surface area contributed by atoms with Crippen molar-refractivity contribution in [3.8, 4) is 0 Å². The second-order valence-corrected chi connectivity index (χ2v) is 0.289. The second kappa shape index (κ2) is 15.7. The van der Waals surface area contributed by atoms with Gasteiger partial charge in [0, 0.05) is 21.1 Å². The van der Waals surface area contributed by atoms with E-state index in [4.69, 9.17) is 15.1 Å². The molecule has 7 heavy (non-hydrogen) atoms. The largest absolute Gasteiger partial charge is 5.00 e. The van der Waals surface area contributed by atoms with Gasteiger partial charge in [0.2, 0.25) is 0 Å². The van der Waals surface area contributed by atoms with Gasteiger partial charge < -0.3 is 15.1 Å². The van der Waals surface area contributed by atoms with Crippen LogP contribution >= 0.6 is 0 Å². The van der Waals surface area contributed by atoms with Crippen molar-refractivity contribution in [1.82, 2.24) is 0 Å². The van der Waals surface area contributed by atoms with E-state index in [-0.39, 0.29) is 62.3 Å². The van der Waals surface area contributed by atoms with Crippen LogP contribution in [0.3, 0.4) is 0 Å². The van der Waals surface area contributed by atoms with E-state index in [1.54, 1.807) is 0 Å². The van der Waals surface area contributed by atoms with Crippen molar-refractivity contribution in [2.24, 2.45) is 0 Å². The van der Waals surface area contributed by atoms with E-state index >= 15 is 0 Å². The molecule has 0 aliphatic rings. The summed E-state index contributed by atoms with van der Waals surface area (Å²) in [6.45, 7) is 0. The zero-order chi connectivity index (χ0) is 3.58. The van der Waals surface area contributed by atoms with Crippen molar-refractivity contribution in [3.63, 3.8) is 0 Å². The van der Waals surface area contributed by atoms with Gasteiger partial charge in [-0.2, -0.15) is 0 Å². The second-order valence-electron chi connectivity index (χ2n) is 0.289. The van der Waals surface area contributed by atoms with Crippen molar-refractivity contribution in [3.05, 3.63) is 0 Å². The van der Waals surface area contributed by atoms with Crippen LogP contribution < -0.4 is 33.9 Å². The topological polar surface area (TPSA) is 69.2 Å². The molecule has 0 rings (SSSR count). The monoisotopic (exact) mass is 343 g/mol. The predicted molar refractivity (Wildman–Crippen MR) is 5.75 cm³/mol. The summed E-state index contributed by atoms with van der Waals surface area (Å²) in [5.41, 5.74) is 0. The summed E-state index contributed by atoms with van der Waals surface area (Å²) in [5.74, 6) is 0. The molecule has 0 radical (unpaired) electrons. The molecule has 0 heterocycles.